The van der Waals surface area contributed by atoms with Gasteiger partial charge in [-0.1, -0.05) is 23.7 Å². The van der Waals surface area contributed by atoms with Gasteiger partial charge in [-0.2, -0.15) is 17.5 Å². The smallest absolute Gasteiger partial charge is 0.475 e. The topological polar surface area (TPSA) is 203 Å². The van der Waals surface area contributed by atoms with Crippen LogP contribution in [0.1, 0.15) is 26.2 Å². The number of amides is 2. The van der Waals surface area contributed by atoms with E-state index in [1.165, 1.54) is 26.6 Å². The molecule has 6 rings (SSSR count). The zero-order chi connectivity index (χ0) is 33.9. The van der Waals surface area contributed by atoms with E-state index in [-0.39, 0.29) is 36.1 Å². The standard InChI is InChI=1S/C24H24ClN9O4S2.C2HF3O2/c25-16-3-1-15-10-17(4-2-14(15)9-16)40(37,38)33-7-8-34(19(13-33)22(35)27-12-21-29-31-32-30-21)24(36)23-28-18-5-6-26-11-20(18)39-23;3-2(4,5)1(6)7/h1-4,9-10,19,26H,5-8,11-13H2,(H,27,35)(H,29,30,31,32);(H,6,7). The fourth-order valence-corrected chi connectivity index (χ4v) is 7.52. The third-order valence-electron chi connectivity index (χ3n) is 7.17. The van der Waals surface area contributed by atoms with Crippen molar-refractivity contribution >= 4 is 61.5 Å². The number of hydrogen-bond donors (Lipinski definition) is 4. The average Bonchev–Trinajstić information content (AvgIpc) is 3.73. The number of benzene rings is 2. The van der Waals surface area contributed by atoms with Crippen molar-refractivity contribution in [1.82, 2.24) is 45.4 Å². The van der Waals surface area contributed by atoms with Gasteiger partial charge in [-0.3, -0.25) is 9.59 Å². The summed E-state index contributed by atoms with van der Waals surface area (Å²) in [5.41, 5.74) is 0.879. The van der Waals surface area contributed by atoms with Crippen molar-refractivity contribution in [2.45, 2.75) is 36.6 Å². The van der Waals surface area contributed by atoms with Crippen LogP contribution < -0.4 is 10.6 Å². The first-order chi connectivity index (χ1) is 22.2. The van der Waals surface area contributed by atoms with Crippen LogP contribution in [0.3, 0.4) is 0 Å². The van der Waals surface area contributed by atoms with Crippen molar-refractivity contribution in [3.8, 4) is 0 Å². The summed E-state index contributed by atoms with van der Waals surface area (Å²) in [6.45, 7) is 1.23. The van der Waals surface area contributed by atoms with Crippen molar-refractivity contribution in [1.29, 1.82) is 0 Å². The lowest BCUT2D eigenvalue weighted by atomic mass is 10.1. The Morgan fingerprint density at radius 2 is 1.85 bits per heavy atom. The molecule has 1 atom stereocenters. The fraction of sp³-hybridized carbons (Fsp3) is 0.346. The maximum Gasteiger partial charge on any atom is 0.490 e. The van der Waals surface area contributed by atoms with E-state index in [4.69, 9.17) is 21.5 Å². The molecular weight excluding hydrogens is 691 g/mol. The number of carbonyl (C=O) groups is 3. The number of carboxylic acid groups (broad SMARTS) is 1. The summed E-state index contributed by atoms with van der Waals surface area (Å²) in [5.74, 6) is -3.36. The molecule has 0 spiro atoms. The molecule has 4 aromatic rings. The lowest BCUT2D eigenvalue weighted by molar-refractivity contribution is -0.192. The van der Waals surface area contributed by atoms with Gasteiger partial charge in [-0.05, 0) is 45.5 Å². The maximum absolute atomic E-state index is 13.7. The molecule has 2 aromatic carbocycles. The predicted octanol–water partition coefficient (Wildman–Crippen LogP) is 1.57. The highest BCUT2D eigenvalue weighted by Crippen LogP contribution is 2.28. The Labute approximate surface area is 273 Å². The Morgan fingerprint density at radius 3 is 2.53 bits per heavy atom. The Morgan fingerprint density at radius 1 is 1.13 bits per heavy atom. The van der Waals surface area contributed by atoms with Crippen LogP contribution >= 0.6 is 22.9 Å². The Kier molecular flexibility index (Phi) is 10.1. The molecular formula is C26H25ClF3N9O6S2. The molecule has 2 amide bonds. The highest BCUT2D eigenvalue weighted by Gasteiger charge is 2.41. The number of thiazole rings is 1. The zero-order valence-electron chi connectivity index (χ0n) is 24.0. The number of H-pyrrole nitrogens is 1. The number of alkyl halides is 3. The van der Waals surface area contributed by atoms with Crippen LogP contribution in [0.2, 0.25) is 5.02 Å². The van der Waals surface area contributed by atoms with E-state index in [2.05, 4.69) is 36.2 Å². The second-order valence-corrected chi connectivity index (χ2v) is 13.7. The number of hydrogen-bond acceptors (Lipinski definition) is 11. The second kappa shape index (κ2) is 13.9. The van der Waals surface area contributed by atoms with Crippen LogP contribution in [0, 0.1) is 0 Å². The van der Waals surface area contributed by atoms with E-state index in [9.17, 15) is 31.2 Å². The molecule has 2 aromatic heterocycles. The number of tetrazole rings is 1. The van der Waals surface area contributed by atoms with Crippen molar-refractivity contribution in [2.24, 2.45) is 0 Å². The molecule has 1 saturated heterocycles. The molecule has 0 saturated carbocycles. The molecule has 1 unspecified atom stereocenters. The Hall–Kier alpha value is -4.24. The highest BCUT2D eigenvalue weighted by molar-refractivity contribution is 7.89. The monoisotopic (exact) mass is 715 g/mol. The van der Waals surface area contributed by atoms with E-state index in [1.54, 1.807) is 30.3 Å². The van der Waals surface area contributed by atoms with Gasteiger partial charge in [0.25, 0.3) is 5.91 Å². The molecule has 21 heteroatoms. The zero-order valence-corrected chi connectivity index (χ0v) is 26.4. The minimum Gasteiger partial charge on any atom is -0.475 e. The lowest BCUT2D eigenvalue weighted by Crippen LogP contribution is -2.61. The van der Waals surface area contributed by atoms with Gasteiger partial charge >= 0.3 is 12.1 Å². The quantitative estimate of drug-likeness (QED) is 0.226. The number of piperazine rings is 1. The molecule has 0 aliphatic carbocycles. The molecule has 47 heavy (non-hydrogen) atoms. The fourth-order valence-electron chi connectivity index (χ4n) is 4.83. The summed E-state index contributed by atoms with van der Waals surface area (Å²) in [6, 6.07) is 8.92. The van der Waals surface area contributed by atoms with Crippen molar-refractivity contribution < 1.29 is 41.1 Å². The van der Waals surface area contributed by atoms with Gasteiger partial charge < -0.3 is 20.6 Å². The number of rotatable bonds is 6. The first-order valence-corrected chi connectivity index (χ1v) is 16.4. The van der Waals surface area contributed by atoms with E-state index < -0.39 is 40.0 Å². The number of nitrogens with one attached hydrogen (secondary N) is 3. The molecule has 0 radical (unpaired) electrons. The van der Waals surface area contributed by atoms with Crippen LogP contribution in [0.5, 0.6) is 0 Å². The van der Waals surface area contributed by atoms with Crippen LogP contribution in [0.25, 0.3) is 10.8 Å². The third kappa shape index (κ3) is 7.84. The number of sulfonamides is 1. The Balaban J connectivity index is 0.000000559. The summed E-state index contributed by atoms with van der Waals surface area (Å²) >= 11 is 7.37. The van der Waals surface area contributed by atoms with Gasteiger partial charge in [0.1, 0.15) is 6.04 Å². The molecule has 15 nitrogen and oxygen atoms in total. The van der Waals surface area contributed by atoms with Crippen molar-refractivity contribution in [3.05, 3.63) is 62.8 Å². The molecule has 4 N–H and O–H groups in total. The second-order valence-electron chi connectivity index (χ2n) is 10.2. The minimum absolute atomic E-state index is 0.0123. The number of nitrogens with zero attached hydrogens (tertiary/aromatic N) is 6. The van der Waals surface area contributed by atoms with Crippen molar-refractivity contribution in [3.63, 3.8) is 0 Å². The summed E-state index contributed by atoms with van der Waals surface area (Å²) in [5, 5.41) is 28.8. The van der Waals surface area contributed by atoms with Gasteiger partial charge in [-0.15, -0.1) is 16.4 Å². The largest absolute Gasteiger partial charge is 0.490 e. The summed E-state index contributed by atoms with van der Waals surface area (Å²) < 4.78 is 60.4. The highest BCUT2D eigenvalue weighted by atomic mass is 35.5. The number of aromatic amines is 1. The number of carboxylic acids is 1. The van der Waals surface area contributed by atoms with E-state index in [1.807, 2.05) is 0 Å². The third-order valence-corrected chi connectivity index (χ3v) is 10.3. The van der Waals surface area contributed by atoms with Gasteiger partial charge in [-0.25, -0.2) is 23.3 Å². The molecule has 2 aliphatic heterocycles. The molecule has 0 bridgehead atoms. The molecule has 4 heterocycles. The van der Waals surface area contributed by atoms with Gasteiger partial charge in [0.05, 0.1) is 17.1 Å². The SMILES string of the molecule is O=C(NCc1nnn[nH]1)C1CN(S(=O)(=O)c2ccc3cc(Cl)ccc3c2)CCN1C(=O)c1nc2c(s1)CNCC2.O=C(O)C(F)(F)F. The van der Waals surface area contributed by atoms with Crippen molar-refractivity contribution in [2.75, 3.05) is 26.2 Å². The summed E-state index contributed by atoms with van der Waals surface area (Å²) in [6.07, 6.45) is -4.36. The van der Waals surface area contributed by atoms with Gasteiger partial charge in [0.2, 0.25) is 15.9 Å². The van der Waals surface area contributed by atoms with Crippen LogP contribution in [0.15, 0.2) is 41.3 Å². The first kappa shape index (κ1) is 34.1. The summed E-state index contributed by atoms with van der Waals surface area (Å²) in [4.78, 5) is 42.9. The van der Waals surface area contributed by atoms with E-state index in [0.29, 0.717) is 17.4 Å². The molecule has 250 valence electrons. The van der Waals surface area contributed by atoms with Gasteiger partial charge in [0, 0.05) is 49.0 Å². The van der Waals surface area contributed by atoms with E-state index >= 15 is 0 Å². The van der Waals surface area contributed by atoms with E-state index in [0.717, 1.165) is 34.3 Å². The summed E-state index contributed by atoms with van der Waals surface area (Å²) in [7, 11) is -3.98. The number of aromatic nitrogens is 5. The number of carbonyl (C=O) groups excluding carboxylic acids is 2. The Bertz CT molecular complexity index is 1880. The lowest BCUT2D eigenvalue weighted by Gasteiger charge is -2.39. The van der Waals surface area contributed by atoms with Gasteiger partial charge in [0.15, 0.2) is 10.8 Å². The normalized spacial score (nSPS) is 17.0. The van der Waals surface area contributed by atoms with Crippen LogP contribution in [-0.4, -0.2) is 105 Å². The average molecular weight is 716 g/mol. The number of halogens is 4. The predicted molar refractivity (Wildman–Crippen MR) is 160 cm³/mol. The molecule has 2 aliphatic rings. The van der Waals surface area contributed by atoms with Crippen LogP contribution in [-0.2, 0) is 39.1 Å². The number of fused-ring (bicyclic) bond motifs is 2. The maximum atomic E-state index is 13.7. The van der Waals surface area contributed by atoms with Crippen LogP contribution in [0.4, 0.5) is 13.2 Å². The minimum atomic E-state index is -5.08. The number of aliphatic carboxylic acids is 1. The first-order valence-electron chi connectivity index (χ1n) is 13.7. The molecule has 1 fully saturated rings.